The fourth-order valence-electron chi connectivity index (χ4n) is 3.14. The Morgan fingerprint density at radius 2 is 1.77 bits per heavy atom. The monoisotopic (exact) mass is 350 g/mol. The van der Waals surface area contributed by atoms with Crippen molar-refractivity contribution < 1.29 is 9.59 Å². The Balaban J connectivity index is 1.43. The van der Waals surface area contributed by atoms with Crippen LogP contribution in [0.4, 0.5) is 0 Å². The summed E-state index contributed by atoms with van der Waals surface area (Å²) in [5, 5.41) is 0. The van der Waals surface area contributed by atoms with E-state index >= 15 is 0 Å². The summed E-state index contributed by atoms with van der Waals surface area (Å²) in [4.78, 5) is 44.1. The van der Waals surface area contributed by atoms with Crippen molar-refractivity contribution in [3.05, 3.63) is 53.9 Å². The van der Waals surface area contributed by atoms with E-state index in [2.05, 4.69) is 19.9 Å². The number of benzene rings is 1. The molecule has 3 heterocycles. The van der Waals surface area contributed by atoms with Crippen LogP contribution in [-0.4, -0.2) is 67.7 Å². The Bertz CT molecular complexity index is 960. The SMILES string of the molecule is Cc1nc2ccc(C(=O)N3CCN(C(=O)c4cnccn4)CC3)cc2[nH]1. The van der Waals surface area contributed by atoms with Crippen LogP contribution in [-0.2, 0) is 0 Å². The van der Waals surface area contributed by atoms with Gasteiger partial charge in [0.2, 0.25) is 0 Å². The third-order valence-corrected chi connectivity index (χ3v) is 4.48. The van der Waals surface area contributed by atoms with Crippen LogP contribution in [0.3, 0.4) is 0 Å². The second-order valence-corrected chi connectivity index (χ2v) is 6.23. The van der Waals surface area contributed by atoms with Gasteiger partial charge in [-0.25, -0.2) is 9.97 Å². The highest BCUT2D eigenvalue weighted by Gasteiger charge is 2.26. The minimum atomic E-state index is -0.153. The fourth-order valence-corrected chi connectivity index (χ4v) is 3.14. The molecule has 8 heteroatoms. The summed E-state index contributed by atoms with van der Waals surface area (Å²) in [6.07, 6.45) is 4.49. The van der Waals surface area contributed by atoms with Crippen molar-refractivity contribution in [3.63, 3.8) is 0 Å². The van der Waals surface area contributed by atoms with Crippen LogP contribution in [0.5, 0.6) is 0 Å². The van der Waals surface area contributed by atoms with E-state index in [0.717, 1.165) is 16.9 Å². The first kappa shape index (κ1) is 16.2. The van der Waals surface area contributed by atoms with E-state index in [1.165, 1.54) is 18.6 Å². The highest BCUT2D eigenvalue weighted by molar-refractivity contribution is 5.97. The molecule has 8 nitrogen and oxygen atoms in total. The minimum Gasteiger partial charge on any atom is -0.342 e. The number of H-pyrrole nitrogens is 1. The number of aromatic amines is 1. The van der Waals surface area contributed by atoms with E-state index in [0.29, 0.717) is 37.4 Å². The molecule has 26 heavy (non-hydrogen) atoms. The van der Waals surface area contributed by atoms with Gasteiger partial charge in [0.05, 0.1) is 17.2 Å². The van der Waals surface area contributed by atoms with Crippen LogP contribution in [0, 0.1) is 6.92 Å². The van der Waals surface area contributed by atoms with Gasteiger partial charge in [-0.1, -0.05) is 0 Å². The van der Waals surface area contributed by atoms with Crippen molar-refractivity contribution in [2.75, 3.05) is 26.2 Å². The van der Waals surface area contributed by atoms with Crippen molar-refractivity contribution in [1.82, 2.24) is 29.7 Å². The molecule has 2 aromatic heterocycles. The molecule has 1 aliphatic rings. The number of fused-ring (bicyclic) bond motifs is 1. The van der Waals surface area contributed by atoms with Crippen LogP contribution < -0.4 is 0 Å². The van der Waals surface area contributed by atoms with E-state index in [9.17, 15) is 9.59 Å². The molecule has 0 unspecified atom stereocenters. The number of piperazine rings is 1. The van der Waals surface area contributed by atoms with Gasteiger partial charge in [-0.15, -0.1) is 0 Å². The first-order chi connectivity index (χ1) is 12.6. The quantitative estimate of drug-likeness (QED) is 0.751. The van der Waals surface area contributed by atoms with E-state index < -0.39 is 0 Å². The first-order valence-corrected chi connectivity index (χ1v) is 8.43. The van der Waals surface area contributed by atoms with Gasteiger partial charge >= 0.3 is 0 Å². The van der Waals surface area contributed by atoms with Crippen LogP contribution in [0.1, 0.15) is 26.7 Å². The average molecular weight is 350 g/mol. The molecule has 0 saturated carbocycles. The standard InChI is InChI=1S/C18H18N6O2/c1-12-21-14-3-2-13(10-15(14)22-12)17(25)23-6-8-24(9-7-23)18(26)16-11-19-4-5-20-16/h2-5,10-11H,6-9H2,1H3,(H,21,22). The summed E-state index contributed by atoms with van der Waals surface area (Å²) in [5.74, 6) is 0.631. The van der Waals surface area contributed by atoms with Crippen molar-refractivity contribution in [2.24, 2.45) is 0 Å². The van der Waals surface area contributed by atoms with Gasteiger partial charge in [0.25, 0.3) is 11.8 Å². The Kier molecular flexibility index (Phi) is 4.08. The number of imidazole rings is 1. The minimum absolute atomic E-state index is 0.0363. The van der Waals surface area contributed by atoms with Gasteiger partial charge in [-0.3, -0.25) is 14.6 Å². The molecule has 1 saturated heterocycles. The zero-order valence-electron chi connectivity index (χ0n) is 14.3. The lowest BCUT2D eigenvalue weighted by molar-refractivity contribution is 0.0532. The maximum atomic E-state index is 12.8. The zero-order valence-corrected chi connectivity index (χ0v) is 14.3. The Morgan fingerprint density at radius 1 is 1.04 bits per heavy atom. The molecule has 0 atom stereocenters. The smallest absolute Gasteiger partial charge is 0.274 e. The van der Waals surface area contributed by atoms with Crippen molar-refractivity contribution in [2.45, 2.75) is 6.92 Å². The zero-order chi connectivity index (χ0) is 18.1. The van der Waals surface area contributed by atoms with Gasteiger partial charge in [0, 0.05) is 44.1 Å². The maximum absolute atomic E-state index is 12.8. The van der Waals surface area contributed by atoms with Gasteiger partial charge in [-0.05, 0) is 25.1 Å². The summed E-state index contributed by atoms with van der Waals surface area (Å²) >= 11 is 0. The number of aryl methyl sites for hydroxylation is 1. The predicted octanol–water partition coefficient (Wildman–Crippen LogP) is 1.26. The molecular formula is C18H18N6O2. The number of nitrogens with one attached hydrogen (secondary N) is 1. The summed E-state index contributed by atoms with van der Waals surface area (Å²) in [6.45, 7) is 3.82. The first-order valence-electron chi connectivity index (χ1n) is 8.43. The Hall–Kier alpha value is -3.29. The summed E-state index contributed by atoms with van der Waals surface area (Å²) in [6, 6.07) is 5.47. The van der Waals surface area contributed by atoms with Gasteiger partial charge < -0.3 is 14.8 Å². The van der Waals surface area contributed by atoms with Gasteiger partial charge in [-0.2, -0.15) is 0 Å². The fraction of sp³-hybridized carbons (Fsp3) is 0.278. The number of carbonyl (C=O) groups is 2. The van der Waals surface area contributed by atoms with E-state index in [1.807, 2.05) is 19.1 Å². The number of carbonyl (C=O) groups excluding carboxylic acids is 2. The normalized spacial score (nSPS) is 14.7. The van der Waals surface area contributed by atoms with Crippen LogP contribution >= 0.6 is 0 Å². The summed E-state index contributed by atoms with van der Waals surface area (Å²) < 4.78 is 0. The number of hydrogen-bond acceptors (Lipinski definition) is 5. The van der Waals surface area contributed by atoms with Crippen LogP contribution in [0.25, 0.3) is 11.0 Å². The highest BCUT2D eigenvalue weighted by atomic mass is 16.2. The molecule has 1 N–H and O–H groups in total. The second-order valence-electron chi connectivity index (χ2n) is 6.23. The molecule has 132 valence electrons. The van der Waals surface area contributed by atoms with Gasteiger partial charge in [0.15, 0.2) is 0 Å². The topological polar surface area (TPSA) is 95.1 Å². The molecular weight excluding hydrogens is 332 g/mol. The van der Waals surface area contributed by atoms with E-state index in [4.69, 9.17) is 0 Å². The number of nitrogens with zero attached hydrogens (tertiary/aromatic N) is 5. The van der Waals surface area contributed by atoms with Gasteiger partial charge in [0.1, 0.15) is 11.5 Å². The molecule has 1 aliphatic heterocycles. The van der Waals surface area contributed by atoms with E-state index in [-0.39, 0.29) is 11.8 Å². The lowest BCUT2D eigenvalue weighted by Gasteiger charge is -2.34. The lowest BCUT2D eigenvalue weighted by Crippen LogP contribution is -2.50. The van der Waals surface area contributed by atoms with Crippen molar-refractivity contribution in [1.29, 1.82) is 0 Å². The molecule has 0 bridgehead atoms. The molecule has 1 fully saturated rings. The third-order valence-electron chi connectivity index (χ3n) is 4.48. The van der Waals surface area contributed by atoms with Crippen LogP contribution in [0.2, 0.25) is 0 Å². The number of amides is 2. The largest absolute Gasteiger partial charge is 0.342 e. The number of rotatable bonds is 2. The van der Waals surface area contributed by atoms with E-state index in [1.54, 1.807) is 15.9 Å². The predicted molar refractivity (Wildman–Crippen MR) is 94.7 cm³/mol. The molecule has 4 rings (SSSR count). The molecule has 3 aromatic rings. The number of hydrogen-bond donors (Lipinski definition) is 1. The summed E-state index contributed by atoms with van der Waals surface area (Å²) in [7, 11) is 0. The third kappa shape index (κ3) is 3.01. The molecule has 0 aliphatic carbocycles. The van der Waals surface area contributed by atoms with Crippen molar-refractivity contribution >= 4 is 22.8 Å². The highest BCUT2D eigenvalue weighted by Crippen LogP contribution is 2.16. The molecule has 0 spiro atoms. The second kappa shape index (κ2) is 6.55. The summed E-state index contributed by atoms with van der Waals surface area (Å²) in [5.41, 5.74) is 2.64. The lowest BCUT2D eigenvalue weighted by atomic mass is 10.1. The van der Waals surface area contributed by atoms with Crippen molar-refractivity contribution in [3.8, 4) is 0 Å². The Labute approximate surface area is 149 Å². The van der Waals surface area contributed by atoms with Crippen LogP contribution in [0.15, 0.2) is 36.8 Å². The maximum Gasteiger partial charge on any atom is 0.274 e. The molecule has 2 amide bonds. The average Bonchev–Trinajstić information content (AvgIpc) is 3.07. The molecule has 0 radical (unpaired) electrons. The Morgan fingerprint density at radius 3 is 2.46 bits per heavy atom. The molecule has 1 aromatic carbocycles. The number of aromatic nitrogens is 4.